The number of rotatable bonds is 6. The fraction of sp³-hybridized carbons (Fsp3) is 0.429. The zero-order chi connectivity index (χ0) is 13.0. The Morgan fingerprint density at radius 3 is 2.56 bits per heavy atom. The lowest BCUT2D eigenvalue weighted by atomic mass is 10.2. The van der Waals surface area contributed by atoms with Crippen molar-refractivity contribution in [3.63, 3.8) is 0 Å². The Hall–Kier alpha value is -1.03. The number of ether oxygens (including phenoxy) is 2. The van der Waals surface area contributed by atoms with Gasteiger partial charge in [-0.1, -0.05) is 23.7 Å². The Morgan fingerprint density at radius 2 is 1.89 bits per heavy atom. The summed E-state index contributed by atoms with van der Waals surface area (Å²) >= 11 is 6.24. The van der Waals surface area contributed by atoms with Crippen molar-refractivity contribution in [1.29, 1.82) is 0 Å². The first kappa shape index (κ1) is 13.4. The number of para-hydroxylation sites is 1. The van der Waals surface area contributed by atoms with Gasteiger partial charge in [-0.2, -0.15) is 0 Å². The topological polar surface area (TPSA) is 23.4 Å². The second kappa shape index (κ2) is 6.23. The van der Waals surface area contributed by atoms with Crippen LogP contribution >= 0.6 is 11.6 Å². The molecule has 0 saturated heterocycles. The van der Waals surface area contributed by atoms with Crippen molar-refractivity contribution in [2.45, 2.75) is 26.7 Å². The van der Waals surface area contributed by atoms with Gasteiger partial charge in [-0.05, 0) is 26.0 Å². The maximum atomic E-state index is 6.24. The number of benzene rings is 1. The highest BCUT2D eigenvalue weighted by molar-refractivity contribution is 6.35. The van der Waals surface area contributed by atoms with E-state index >= 15 is 0 Å². The van der Waals surface area contributed by atoms with Gasteiger partial charge in [0.25, 0.3) is 0 Å². The fourth-order valence-corrected chi connectivity index (χ4v) is 2.34. The first-order valence-electron chi connectivity index (χ1n) is 6.22. The molecule has 0 unspecified atom stereocenters. The van der Waals surface area contributed by atoms with Gasteiger partial charge in [-0.3, -0.25) is 0 Å². The van der Waals surface area contributed by atoms with Gasteiger partial charge in [0.2, 0.25) is 0 Å². The predicted molar refractivity (Wildman–Crippen MR) is 74.0 cm³/mol. The van der Waals surface area contributed by atoms with Crippen molar-refractivity contribution < 1.29 is 9.47 Å². The first-order chi connectivity index (χ1) is 8.76. The molecule has 0 fully saturated rings. The predicted octanol–water partition coefficient (Wildman–Crippen LogP) is 3.69. The Balaban J connectivity index is 2.25. The highest BCUT2D eigenvalue weighted by Crippen LogP contribution is 2.24. The summed E-state index contributed by atoms with van der Waals surface area (Å²) in [7, 11) is 0. The summed E-state index contributed by atoms with van der Waals surface area (Å²) in [6.45, 7) is 5.85. The lowest BCUT2D eigenvalue weighted by molar-refractivity contribution is -0.143. The van der Waals surface area contributed by atoms with Crippen molar-refractivity contribution >= 4 is 22.5 Å². The molecule has 2 rings (SSSR count). The van der Waals surface area contributed by atoms with Crippen LogP contribution in [0.15, 0.2) is 30.5 Å². The fourth-order valence-electron chi connectivity index (χ4n) is 2.05. The van der Waals surface area contributed by atoms with Crippen LogP contribution < -0.4 is 0 Å². The second-order valence-electron chi connectivity index (χ2n) is 3.99. The van der Waals surface area contributed by atoms with Gasteiger partial charge in [0.15, 0.2) is 6.29 Å². The van der Waals surface area contributed by atoms with E-state index in [1.54, 1.807) is 0 Å². The summed E-state index contributed by atoms with van der Waals surface area (Å²) in [6.07, 6.45) is 1.79. The zero-order valence-electron chi connectivity index (χ0n) is 10.7. The van der Waals surface area contributed by atoms with Crippen molar-refractivity contribution in [3.05, 3.63) is 35.5 Å². The van der Waals surface area contributed by atoms with Gasteiger partial charge in [-0.15, -0.1) is 0 Å². The Kier molecular flexibility index (Phi) is 4.64. The number of aromatic nitrogens is 1. The molecular formula is C14H18ClNO2. The lowest BCUT2D eigenvalue weighted by Crippen LogP contribution is -2.23. The summed E-state index contributed by atoms with van der Waals surface area (Å²) in [4.78, 5) is 0. The monoisotopic (exact) mass is 267 g/mol. The molecule has 0 aliphatic rings. The molecule has 0 aliphatic carbocycles. The van der Waals surface area contributed by atoms with E-state index in [1.807, 2.05) is 38.2 Å². The highest BCUT2D eigenvalue weighted by atomic mass is 35.5. The average Bonchev–Trinajstić information content (AvgIpc) is 2.75. The third kappa shape index (κ3) is 2.86. The van der Waals surface area contributed by atoms with Crippen LogP contribution in [0.3, 0.4) is 0 Å². The van der Waals surface area contributed by atoms with Gasteiger partial charge in [-0.25, -0.2) is 0 Å². The molecule has 3 nitrogen and oxygen atoms in total. The molecule has 98 valence electrons. The molecule has 0 amide bonds. The minimum atomic E-state index is -0.230. The first-order valence-corrected chi connectivity index (χ1v) is 6.60. The van der Waals surface area contributed by atoms with E-state index in [9.17, 15) is 0 Å². The summed E-state index contributed by atoms with van der Waals surface area (Å²) < 4.78 is 13.2. The van der Waals surface area contributed by atoms with Crippen LogP contribution in [-0.4, -0.2) is 24.1 Å². The van der Waals surface area contributed by atoms with Crippen molar-refractivity contribution in [2.75, 3.05) is 13.2 Å². The quantitative estimate of drug-likeness (QED) is 0.745. The van der Waals surface area contributed by atoms with E-state index in [4.69, 9.17) is 21.1 Å². The average molecular weight is 268 g/mol. The van der Waals surface area contributed by atoms with Crippen molar-refractivity contribution in [1.82, 2.24) is 4.57 Å². The molecule has 18 heavy (non-hydrogen) atoms. The molecule has 0 spiro atoms. The number of nitrogens with zero attached hydrogens (tertiary/aromatic N) is 1. The number of fused-ring (bicyclic) bond motifs is 1. The van der Waals surface area contributed by atoms with Crippen LogP contribution in [-0.2, 0) is 16.0 Å². The molecule has 0 saturated carbocycles. The largest absolute Gasteiger partial charge is 0.351 e. The summed E-state index contributed by atoms with van der Waals surface area (Å²) in [6, 6.07) is 7.96. The SMILES string of the molecule is CCOC(Cn1ccc2cccc(Cl)c21)OCC. The van der Waals surface area contributed by atoms with E-state index in [1.165, 1.54) is 0 Å². The van der Waals surface area contributed by atoms with Crippen LogP contribution in [0.4, 0.5) is 0 Å². The molecular weight excluding hydrogens is 250 g/mol. The minimum Gasteiger partial charge on any atom is -0.351 e. The molecule has 1 aromatic carbocycles. The van der Waals surface area contributed by atoms with Crippen LogP contribution in [0, 0.1) is 0 Å². The molecule has 0 aliphatic heterocycles. The van der Waals surface area contributed by atoms with E-state index in [0.29, 0.717) is 19.8 Å². The van der Waals surface area contributed by atoms with Crippen LogP contribution in [0.1, 0.15) is 13.8 Å². The Bertz CT molecular complexity index is 503. The molecule has 1 heterocycles. The molecule has 0 atom stereocenters. The number of hydrogen-bond donors (Lipinski definition) is 0. The minimum absolute atomic E-state index is 0.230. The third-order valence-electron chi connectivity index (χ3n) is 2.79. The smallest absolute Gasteiger partial charge is 0.175 e. The van der Waals surface area contributed by atoms with E-state index < -0.39 is 0 Å². The molecule has 0 N–H and O–H groups in total. The Labute approximate surface area is 112 Å². The highest BCUT2D eigenvalue weighted by Gasteiger charge is 2.12. The standard InChI is InChI=1S/C14H18ClNO2/c1-3-17-13(18-4-2)10-16-9-8-11-6-5-7-12(15)14(11)16/h5-9,13H,3-4,10H2,1-2H3. The summed E-state index contributed by atoms with van der Waals surface area (Å²) in [5.41, 5.74) is 1.03. The normalized spacial score (nSPS) is 11.6. The summed E-state index contributed by atoms with van der Waals surface area (Å²) in [5.74, 6) is 0. The Morgan fingerprint density at radius 1 is 1.17 bits per heavy atom. The maximum Gasteiger partial charge on any atom is 0.175 e. The molecule has 4 heteroatoms. The van der Waals surface area contributed by atoms with Crippen LogP contribution in [0.5, 0.6) is 0 Å². The van der Waals surface area contributed by atoms with E-state index in [-0.39, 0.29) is 6.29 Å². The van der Waals surface area contributed by atoms with Crippen molar-refractivity contribution in [3.8, 4) is 0 Å². The van der Waals surface area contributed by atoms with E-state index in [0.717, 1.165) is 15.9 Å². The molecule has 2 aromatic rings. The van der Waals surface area contributed by atoms with Gasteiger partial charge in [0.05, 0.1) is 17.1 Å². The van der Waals surface area contributed by atoms with Crippen LogP contribution in [0.25, 0.3) is 10.9 Å². The molecule has 0 bridgehead atoms. The maximum absolute atomic E-state index is 6.24. The van der Waals surface area contributed by atoms with Gasteiger partial charge >= 0.3 is 0 Å². The number of halogens is 1. The number of hydrogen-bond acceptors (Lipinski definition) is 2. The summed E-state index contributed by atoms with van der Waals surface area (Å²) in [5, 5.41) is 1.89. The van der Waals surface area contributed by atoms with Gasteiger partial charge in [0, 0.05) is 24.8 Å². The van der Waals surface area contributed by atoms with Crippen LogP contribution in [0.2, 0.25) is 5.02 Å². The second-order valence-corrected chi connectivity index (χ2v) is 4.39. The van der Waals surface area contributed by atoms with Gasteiger partial charge < -0.3 is 14.0 Å². The zero-order valence-corrected chi connectivity index (χ0v) is 11.5. The lowest BCUT2D eigenvalue weighted by Gasteiger charge is -2.18. The third-order valence-corrected chi connectivity index (χ3v) is 3.10. The van der Waals surface area contributed by atoms with Crippen molar-refractivity contribution in [2.24, 2.45) is 0 Å². The molecule has 1 aromatic heterocycles. The van der Waals surface area contributed by atoms with Gasteiger partial charge in [0.1, 0.15) is 0 Å². The molecule has 0 radical (unpaired) electrons. The van der Waals surface area contributed by atoms with E-state index in [2.05, 4.69) is 10.6 Å².